The van der Waals surface area contributed by atoms with Crippen molar-refractivity contribution in [3.05, 3.63) is 48.0 Å². The van der Waals surface area contributed by atoms with Crippen molar-refractivity contribution in [2.75, 3.05) is 13.2 Å². The van der Waals surface area contributed by atoms with Crippen molar-refractivity contribution in [2.45, 2.75) is 64.7 Å². The zero-order valence-electron chi connectivity index (χ0n) is 16.0. The fourth-order valence-electron chi connectivity index (χ4n) is 2.56. The molecule has 0 heterocycles. The molecular weight excluding hydrogens is 328 g/mol. The summed E-state index contributed by atoms with van der Waals surface area (Å²) in [4.78, 5) is 24.1. The Morgan fingerprint density at radius 3 is 2.00 bits per heavy atom. The first-order valence-electron chi connectivity index (χ1n) is 9.74. The molecule has 0 saturated heterocycles. The molecule has 0 aliphatic rings. The quantitative estimate of drug-likeness (QED) is 0.242. The SMILES string of the molecule is C=CCCCOC(=O)c1cccc(C(=O)OCCCCCCCCC)c1. The van der Waals surface area contributed by atoms with Gasteiger partial charge in [-0.3, -0.25) is 0 Å². The molecule has 0 unspecified atom stereocenters. The fraction of sp³-hybridized carbons (Fsp3) is 0.545. The van der Waals surface area contributed by atoms with Crippen molar-refractivity contribution >= 4 is 11.9 Å². The third kappa shape index (κ3) is 9.40. The van der Waals surface area contributed by atoms with Gasteiger partial charge in [-0.1, -0.05) is 57.6 Å². The summed E-state index contributed by atoms with van der Waals surface area (Å²) in [7, 11) is 0. The molecule has 0 amide bonds. The smallest absolute Gasteiger partial charge is 0.338 e. The van der Waals surface area contributed by atoms with Crippen LogP contribution in [0.3, 0.4) is 0 Å². The highest BCUT2D eigenvalue weighted by Crippen LogP contribution is 2.11. The summed E-state index contributed by atoms with van der Waals surface area (Å²) in [6, 6.07) is 6.50. The van der Waals surface area contributed by atoms with E-state index in [1.165, 1.54) is 38.2 Å². The molecular formula is C22H32O4. The number of carbonyl (C=O) groups is 2. The number of benzene rings is 1. The van der Waals surface area contributed by atoms with Crippen LogP contribution in [0.15, 0.2) is 36.9 Å². The monoisotopic (exact) mass is 360 g/mol. The number of hydrogen-bond donors (Lipinski definition) is 0. The molecule has 0 N–H and O–H groups in total. The fourth-order valence-corrected chi connectivity index (χ4v) is 2.56. The first-order chi connectivity index (χ1) is 12.7. The average Bonchev–Trinajstić information content (AvgIpc) is 2.67. The number of hydrogen-bond acceptors (Lipinski definition) is 4. The maximum absolute atomic E-state index is 12.1. The standard InChI is InChI=1S/C22H32O4/c1-3-5-7-8-9-10-12-17-26-22(24)20-15-13-14-19(18-20)21(23)25-16-11-6-4-2/h4,13-15,18H,2-3,5-12,16-17H2,1H3. The summed E-state index contributed by atoms with van der Waals surface area (Å²) >= 11 is 0. The van der Waals surface area contributed by atoms with Crippen molar-refractivity contribution < 1.29 is 19.1 Å². The molecule has 0 aromatic heterocycles. The van der Waals surface area contributed by atoms with Gasteiger partial charge in [0.15, 0.2) is 0 Å². The highest BCUT2D eigenvalue weighted by atomic mass is 16.5. The van der Waals surface area contributed by atoms with Gasteiger partial charge >= 0.3 is 11.9 Å². The Labute approximate surface area is 157 Å². The lowest BCUT2D eigenvalue weighted by Crippen LogP contribution is -2.10. The first-order valence-corrected chi connectivity index (χ1v) is 9.74. The number of rotatable bonds is 14. The van der Waals surface area contributed by atoms with Crippen LogP contribution in [-0.4, -0.2) is 25.2 Å². The Kier molecular flexibility index (Phi) is 11.9. The van der Waals surface area contributed by atoms with Gasteiger partial charge in [0.05, 0.1) is 24.3 Å². The molecule has 144 valence electrons. The minimum atomic E-state index is -0.421. The van der Waals surface area contributed by atoms with E-state index < -0.39 is 11.9 Å². The lowest BCUT2D eigenvalue weighted by molar-refractivity contribution is 0.0497. The lowest BCUT2D eigenvalue weighted by Gasteiger charge is -2.07. The number of ether oxygens (including phenoxy) is 2. The van der Waals surface area contributed by atoms with Gasteiger partial charge in [0, 0.05) is 0 Å². The molecule has 0 radical (unpaired) electrons. The maximum atomic E-state index is 12.1. The molecule has 4 nitrogen and oxygen atoms in total. The molecule has 1 rings (SSSR count). The van der Waals surface area contributed by atoms with E-state index in [1.54, 1.807) is 24.3 Å². The van der Waals surface area contributed by atoms with E-state index in [2.05, 4.69) is 13.5 Å². The summed E-state index contributed by atoms with van der Waals surface area (Å²) in [5, 5.41) is 0. The van der Waals surface area contributed by atoms with Crippen molar-refractivity contribution in [3.8, 4) is 0 Å². The van der Waals surface area contributed by atoms with Crippen LogP contribution in [0.25, 0.3) is 0 Å². The third-order valence-electron chi connectivity index (χ3n) is 4.10. The topological polar surface area (TPSA) is 52.6 Å². The molecule has 0 aliphatic heterocycles. The number of unbranched alkanes of at least 4 members (excludes halogenated alkanes) is 7. The summed E-state index contributed by atoms with van der Waals surface area (Å²) in [6.07, 6.45) is 11.6. The van der Waals surface area contributed by atoms with E-state index in [1.807, 2.05) is 0 Å². The third-order valence-corrected chi connectivity index (χ3v) is 4.10. The van der Waals surface area contributed by atoms with Gasteiger partial charge < -0.3 is 9.47 Å². The molecule has 0 saturated carbocycles. The van der Waals surface area contributed by atoms with Crippen molar-refractivity contribution in [2.24, 2.45) is 0 Å². The van der Waals surface area contributed by atoms with E-state index in [9.17, 15) is 9.59 Å². The summed E-state index contributed by atoms with van der Waals surface area (Å²) < 4.78 is 10.5. The minimum Gasteiger partial charge on any atom is -0.462 e. The number of allylic oxidation sites excluding steroid dienone is 1. The number of esters is 2. The second kappa shape index (κ2) is 14.1. The first kappa shape index (κ1) is 21.9. The lowest BCUT2D eigenvalue weighted by atomic mass is 10.1. The highest BCUT2D eigenvalue weighted by molar-refractivity contribution is 5.95. The number of carbonyl (C=O) groups excluding carboxylic acids is 2. The predicted molar refractivity (Wildman–Crippen MR) is 104 cm³/mol. The van der Waals surface area contributed by atoms with Gasteiger partial charge in [0.1, 0.15) is 0 Å². The van der Waals surface area contributed by atoms with E-state index in [0.29, 0.717) is 24.3 Å². The van der Waals surface area contributed by atoms with Gasteiger partial charge in [-0.25, -0.2) is 9.59 Å². The molecule has 4 heteroatoms. The molecule has 26 heavy (non-hydrogen) atoms. The Morgan fingerprint density at radius 2 is 1.42 bits per heavy atom. The van der Waals surface area contributed by atoms with Crippen LogP contribution >= 0.6 is 0 Å². The second-order valence-electron chi connectivity index (χ2n) is 6.40. The molecule has 0 fully saturated rings. The Morgan fingerprint density at radius 1 is 0.885 bits per heavy atom. The van der Waals surface area contributed by atoms with Crippen LogP contribution in [0.5, 0.6) is 0 Å². The summed E-state index contributed by atoms with van der Waals surface area (Å²) in [6.45, 7) is 6.60. The van der Waals surface area contributed by atoms with Crippen LogP contribution in [0.4, 0.5) is 0 Å². The average molecular weight is 360 g/mol. The van der Waals surface area contributed by atoms with Gasteiger partial charge in [-0.15, -0.1) is 6.58 Å². The Balaban J connectivity index is 2.31. The molecule has 1 aromatic carbocycles. The van der Waals surface area contributed by atoms with Crippen molar-refractivity contribution in [1.29, 1.82) is 0 Å². The summed E-state index contributed by atoms with van der Waals surface area (Å²) in [5.74, 6) is -0.812. The molecule has 1 aromatic rings. The Bertz CT molecular complexity index is 551. The largest absolute Gasteiger partial charge is 0.462 e. The van der Waals surface area contributed by atoms with Crippen LogP contribution < -0.4 is 0 Å². The van der Waals surface area contributed by atoms with Crippen LogP contribution in [0.2, 0.25) is 0 Å². The molecule has 0 bridgehead atoms. The van der Waals surface area contributed by atoms with Crippen molar-refractivity contribution in [1.82, 2.24) is 0 Å². The van der Waals surface area contributed by atoms with Gasteiger partial charge in [-0.2, -0.15) is 0 Å². The van der Waals surface area contributed by atoms with E-state index in [4.69, 9.17) is 9.47 Å². The van der Waals surface area contributed by atoms with E-state index >= 15 is 0 Å². The van der Waals surface area contributed by atoms with E-state index in [0.717, 1.165) is 25.7 Å². The van der Waals surface area contributed by atoms with Gasteiger partial charge in [0.25, 0.3) is 0 Å². The predicted octanol–water partition coefficient (Wildman–Crippen LogP) is 5.72. The van der Waals surface area contributed by atoms with Crippen LogP contribution in [0, 0.1) is 0 Å². The van der Waals surface area contributed by atoms with Crippen LogP contribution in [-0.2, 0) is 9.47 Å². The zero-order chi connectivity index (χ0) is 19.0. The molecule has 0 aliphatic carbocycles. The van der Waals surface area contributed by atoms with Crippen molar-refractivity contribution in [3.63, 3.8) is 0 Å². The zero-order valence-corrected chi connectivity index (χ0v) is 16.0. The normalized spacial score (nSPS) is 10.3. The molecule has 0 atom stereocenters. The summed E-state index contributed by atoms with van der Waals surface area (Å²) in [5.41, 5.74) is 0.752. The second-order valence-corrected chi connectivity index (χ2v) is 6.40. The minimum absolute atomic E-state index is 0.345. The van der Waals surface area contributed by atoms with Gasteiger partial charge in [0.2, 0.25) is 0 Å². The Hall–Kier alpha value is -2.10. The van der Waals surface area contributed by atoms with E-state index in [-0.39, 0.29) is 0 Å². The van der Waals surface area contributed by atoms with Crippen LogP contribution in [0.1, 0.15) is 85.4 Å². The maximum Gasteiger partial charge on any atom is 0.338 e. The molecule has 0 spiro atoms. The van der Waals surface area contributed by atoms with Gasteiger partial charge in [-0.05, 0) is 37.5 Å². The highest BCUT2D eigenvalue weighted by Gasteiger charge is 2.12.